The van der Waals surface area contributed by atoms with Gasteiger partial charge in [-0.05, 0) is 18.8 Å². The van der Waals surface area contributed by atoms with Gasteiger partial charge in [0, 0.05) is 27.2 Å². The van der Waals surface area contributed by atoms with Crippen LogP contribution in [0.1, 0.15) is 31.7 Å². The van der Waals surface area contributed by atoms with Gasteiger partial charge in [0.05, 0.1) is 0 Å². The first-order valence-electron chi connectivity index (χ1n) is 6.96. The van der Waals surface area contributed by atoms with E-state index in [-0.39, 0.29) is 11.3 Å². The lowest BCUT2D eigenvalue weighted by Gasteiger charge is -2.35. The van der Waals surface area contributed by atoms with Gasteiger partial charge in [-0.25, -0.2) is 4.79 Å². The van der Waals surface area contributed by atoms with Crippen LogP contribution in [0.5, 0.6) is 0 Å². The zero-order valence-electron chi connectivity index (χ0n) is 12.2. The van der Waals surface area contributed by atoms with Crippen molar-refractivity contribution in [2.45, 2.75) is 26.2 Å². The first-order valence-corrected chi connectivity index (χ1v) is 6.96. The number of anilines is 1. The van der Waals surface area contributed by atoms with Crippen LogP contribution in [0.2, 0.25) is 0 Å². The Morgan fingerprint density at radius 3 is 2.60 bits per heavy atom. The van der Waals surface area contributed by atoms with Gasteiger partial charge in [-0.15, -0.1) is 0 Å². The molecule has 1 saturated heterocycles. The second kappa shape index (κ2) is 5.53. The lowest BCUT2D eigenvalue weighted by molar-refractivity contribution is 0.399. The molecule has 0 radical (unpaired) electrons. The Morgan fingerprint density at radius 2 is 2.00 bits per heavy atom. The molecule has 0 bridgehead atoms. The molecule has 0 aromatic carbocycles. The molecule has 1 atom stereocenters. The summed E-state index contributed by atoms with van der Waals surface area (Å²) in [6.07, 6.45) is 3.25. The van der Waals surface area contributed by atoms with Crippen molar-refractivity contribution in [1.82, 2.24) is 9.13 Å². The minimum atomic E-state index is -0.510. The molecule has 0 N–H and O–H groups in total. The summed E-state index contributed by atoms with van der Waals surface area (Å²) < 4.78 is 2.40. The summed E-state index contributed by atoms with van der Waals surface area (Å²) in [6.45, 7) is 3.72. The molecule has 20 heavy (non-hydrogen) atoms. The predicted octanol–water partition coefficient (Wildman–Crippen LogP) is 0.582. The molecule has 6 nitrogen and oxygen atoms in total. The van der Waals surface area contributed by atoms with E-state index >= 15 is 0 Å². The first-order chi connectivity index (χ1) is 9.51. The van der Waals surface area contributed by atoms with Crippen LogP contribution in [-0.4, -0.2) is 22.2 Å². The molecule has 1 aliphatic rings. The van der Waals surface area contributed by atoms with E-state index in [1.165, 1.54) is 11.6 Å². The van der Waals surface area contributed by atoms with Gasteiger partial charge < -0.3 is 4.90 Å². The maximum absolute atomic E-state index is 12.1. The van der Waals surface area contributed by atoms with Gasteiger partial charge in [-0.3, -0.25) is 13.9 Å². The average Bonchev–Trinajstić information content (AvgIpc) is 2.48. The van der Waals surface area contributed by atoms with Gasteiger partial charge in [0.25, 0.3) is 5.56 Å². The Hall–Kier alpha value is -2.03. The van der Waals surface area contributed by atoms with Crippen molar-refractivity contribution in [1.29, 1.82) is 5.26 Å². The molecule has 0 amide bonds. The zero-order valence-corrected chi connectivity index (χ0v) is 12.2. The molecule has 108 valence electrons. The monoisotopic (exact) mass is 276 g/mol. The fourth-order valence-electron chi connectivity index (χ4n) is 2.89. The van der Waals surface area contributed by atoms with Crippen molar-refractivity contribution >= 4 is 5.82 Å². The lowest BCUT2D eigenvalue weighted by atomic mass is 9.95. The molecule has 0 aliphatic carbocycles. The maximum atomic E-state index is 12.1. The first kappa shape index (κ1) is 14.4. The Bertz CT molecular complexity index is 665. The lowest BCUT2D eigenvalue weighted by Crippen LogP contribution is -2.45. The number of rotatable bonds is 2. The smallest absolute Gasteiger partial charge is 0.332 e. The topological polar surface area (TPSA) is 71.0 Å². The van der Waals surface area contributed by atoms with Crippen molar-refractivity contribution < 1.29 is 0 Å². The van der Waals surface area contributed by atoms with Crippen molar-refractivity contribution in [2.24, 2.45) is 20.0 Å². The highest BCUT2D eigenvalue weighted by Crippen LogP contribution is 2.24. The van der Waals surface area contributed by atoms with E-state index in [2.05, 4.69) is 6.92 Å². The van der Waals surface area contributed by atoms with Gasteiger partial charge in [-0.2, -0.15) is 5.26 Å². The number of nitriles is 1. The second-order valence-corrected chi connectivity index (χ2v) is 5.38. The number of nitrogens with zero attached hydrogens (tertiary/aromatic N) is 4. The molecular weight excluding hydrogens is 256 g/mol. The van der Waals surface area contributed by atoms with E-state index in [0.29, 0.717) is 11.7 Å². The number of aromatic nitrogens is 2. The van der Waals surface area contributed by atoms with E-state index in [9.17, 15) is 14.9 Å². The van der Waals surface area contributed by atoms with Gasteiger partial charge in [0.2, 0.25) is 0 Å². The van der Waals surface area contributed by atoms with Crippen LogP contribution in [0.15, 0.2) is 9.59 Å². The van der Waals surface area contributed by atoms with Gasteiger partial charge in [-0.1, -0.05) is 13.3 Å². The molecule has 2 rings (SSSR count). The van der Waals surface area contributed by atoms with Gasteiger partial charge in [0.15, 0.2) is 5.56 Å². The molecule has 1 aliphatic heterocycles. The molecule has 2 heterocycles. The zero-order chi connectivity index (χ0) is 14.9. The van der Waals surface area contributed by atoms with Crippen molar-refractivity contribution in [3.05, 3.63) is 26.4 Å². The molecule has 0 spiro atoms. The van der Waals surface area contributed by atoms with E-state index in [1.807, 2.05) is 11.0 Å². The van der Waals surface area contributed by atoms with E-state index < -0.39 is 5.56 Å². The summed E-state index contributed by atoms with van der Waals surface area (Å²) in [5.74, 6) is 1.02. The van der Waals surface area contributed by atoms with Gasteiger partial charge >= 0.3 is 5.69 Å². The van der Waals surface area contributed by atoms with Crippen molar-refractivity contribution in [3.63, 3.8) is 0 Å². The van der Waals surface area contributed by atoms with Crippen molar-refractivity contribution in [2.75, 3.05) is 18.0 Å². The molecule has 0 unspecified atom stereocenters. The third kappa shape index (κ3) is 2.24. The largest absolute Gasteiger partial charge is 0.356 e. The Kier molecular flexibility index (Phi) is 3.98. The van der Waals surface area contributed by atoms with Gasteiger partial charge in [0.1, 0.15) is 11.9 Å². The quantitative estimate of drug-likeness (QED) is 0.792. The highest BCUT2D eigenvalue weighted by molar-refractivity contribution is 5.53. The average molecular weight is 276 g/mol. The number of piperidine rings is 1. The third-order valence-corrected chi connectivity index (χ3v) is 4.14. The molecule has 1 aromatic heterocycles. The SMILES string of the molecule is CC[C@@H]1CCCN(c2c(C#N)c(=O)n(C)c(=O)n2C)C1. The molecule has 1 aromatic rings. The summed E-state index contributed by atoms with van der Waals surface area (Å²) in [5, 5.41) is 9.29. The van der Waals surface area contributed by atoms with E-state index in [1.54, 1.807) is 7.05 Å². The minimum Gasteiger partial charge on any atom is -0.356 e. The summed E-state index contributed by atoms with van der Waals surface area (Å²) in [6, 6.07) is 1.97. The van der Waals surface area contributed by atoms with Crippen molar-refractivity contribution in [3.8, 4) is 6.07 Å². The molecule has 6 heteroatoms. The van der Waals surface area contributed by atoms with Crippen LogP contribution < -0.4 is 16.1 Å². The molecule has 0 saturated carbocycles. The van der Waals surface area contributed by atoms with Crippen LogP contribution in [0.3, 0.4) is 0 Å². The summed E-state index contributed by atoms with van der Waals surface area (Å²) in [7, 11) is 3.02. The summed E-state index contributed by atoms with van der Waals surface area (Å²) in [4.78, 5) is 26.2. The highest BCUT2D eigenvalue weighted by Gasteiger charge is 2.25. The van der Waals surface area contributed by atoms with Crippen LogP contribution in [0, 0.1) is 17.2 Å². The summed E-state index contributed by atoms with van der Waals surface area (Å²) in [5.41, 5.74) is -0.835. The third-order valence-electron chi connectivity index (χ3n) is 4.14. The fourth-order valence-corrected chi connectivity index (χ4v) is 2.89. The standard InChI is InChI=1S/C14H20N4O2/c1-4-10-6-5-7-18(9-10)12-11(8-15)13(19)17(3)14(20)16(12)2/h10H,4-7,9H2,1-3H3/t10-/m1/s1. The predicted molar refractivity (Wildman–Crippen MR) is 76.9 cm³/mol. The Labute approximate surface area is 117 Å². The number of hydrogen-bond acceptors (Lipinski definition) is 4. The Balaban J connectivity index is 2.60. The minimum absolute atomic E-state index is 0.0614. The fraction of sp³-hybridized carbons (Fsp3) is 0.643. The number of hydrogen-bond donors (Lipinski definition) is 0. The van der Waals surface area contributed by atoms with Crippen LogP contribution in [0.25, 0.3) is 0 Å². The van der Waals surface area contributed by atoms with E-state index in [4.69, 9.17) is 0 Å². The summed E-state index contributed by atoms with van der Waals surface area (Å²) >= 11 is 0. The van der Waals surface area contributed by atoms with E-state index in [0.717, 1.165) is 36.9 Å². The molecular formula is C14H20N4O2. The van der Waals surface area contributed by atoms with Crippen LogP contribution in [0.4, 0.5) is 5.82 Å². The Morgan fingerprint density at radius 1 is 1.30 bits per heavy atom. The highest BCUT2D eigenvalue weighted by atomic mass is 16.2. The second-order valence-electron chi connectivity index (χ2n) is 5.38. The van der Waals surface area contributed by atoms with Crippen LogP contribution >= 0.6 is 0 Å². The normalized spacial score (nSPS) is 18.9. The van der Waals surface area contributed by atoms with Crippen LogP contribution in [-0.2, 0) is 14.1 Å². The molecule has 1 fully saturated rings. The maximum Gasteiger partial charge on any atom is 0.332 e.